The van der Waals surface area contributed by atoms with Crippen LogP contribution in [0.1, 0.15) is 10.4 Å². The minimum absolute atomic E-state index is 0.494. The highest BCUT2D eigenvalue weighted by Crippen LogP contribution is 2.37. The normalized spacial score (nSPS) is 14.1. The largest absolute Gasteiger partial charge is 0.371 e. The zero-order valence-electron chi connectivity index (χ0n) is 11.2. The molecule has 0 aromatic heterocycles. The Balaban J connectivity index is 2.05. The number of fused-ring (bicyclic) bond motifs is 1. The highest BCUT2D eigenvalue weighted by atomic mass is 35.5. The smallest absolute Gasteiger partial charge is 0.151 e. The number of carbonyl (C=O) groups excluding carboxylic acids is 1. The molecule has 0 saturated carbocycles. The van der Waals surface area contributed by atoms with Gasteiger partial charge in [0.15, 0.2) is 6.29 Å². The Morgan fingerprint density at radius 1 is 1.10 bits per heavy atom. The SMILES string of the molecule is CN1CCN(c2ccc(C=O)c(Cl)c2)c2ccccc21. The van der Waals surface area contributed by atoms with Crippen molar-refractivity contribution in [1.82, 2.24) is 0 Å². The molecule has 0 unspecified atom stereocenters. The van der Waals surface area contributed by atoms with Gasteiger partial charge in [0.05, 0.1) is 16.4 Å². The predicted molar refractivity (Wildman–Crippen MR) is 83.6 cm³/mol. The van der Waals surface area contributed by atoms with Crippen LogP contribution in [0.2, 0.25) is 5.02 Å². The lowest BCUT2D eigenvalue weighted by Gasteiger charge is -2.37. The van der Waals surface area contributed by atoms with Crippen molar-refractivity contribution >= 4 is 34.9 Å². The maximum absolute atomic E-state index is 10.9. The second kappa shape index (κ2) is 5.17. The summed E-state index contributed by atoms with van der Waals surface area (Å²) in [5, 5.41) is 0.494. The van der Waals surface area contributed by atoms with Crippen molar-refractivity contribution in [3.63, 3.8) is 0 Å². The number of hydrogen-bond donors (Lipinski definition) is 0. The molecule has 1 aliphatic heterocycles. The summed E-state index contributed by atoms with van der Waals surface area (Å²) in [4.78, 5) is 15.3. The second-order valence-corrected chi connectivity index (χ2v) is 5.29. The Kier molecular flexibility index (Phi) is 3.36. The highest BCUT2D eigenvalue weighted by Gasteiger charge is 2.21. The summed E-state index contributed by atoms with van der Waals surface area (Å²) >= 11 is 6.14. The van der Waals surface area contributed by atoms with Crippen LogP contribution in [0.15, 0.2) is 42.5 Å². The Bertz CT molecular complexity index is 657. The van der Waals surface area contributed by atoms with E-state index in [1.807, 2.05) is 24.3 Å². The van der Waals surface area contributed by atoms with Crippen LogP contribution in [0.25, 0.3) is 0 Å². The van der Waals surface area contributed by atoms with E-state index in [9.17, 15) is 4.79 Å². The second-order valence-electron chi connectivity index (χ2n) is 4.89. The summed E-state index contributed by atoms with van der Waals surface area (Å²) in [6.07, 6.45) is 0.782. The van der Waals surface area contributed by atoms with Crippen LogP contribution in [-0.2, 0) is 0 Å². The van der Waals surface area contributed by atoms with Crippen molar-refractivity contribution in [1.29, 1.82) is 0 Å². The Labute approximate surface area is 123 Å². The van der Waals surface area contributed by atoms with Crippen molar-refractivity contribution < 1.29 is 4.79 Å². The topological polar surface area (TPSA) is 23.6 Å². The maximum Gasteiger partial charge on any atom is 0.151 e. The fourth-order valence-electron chi connectivity index (χ4n) is 2.55. The van der Waals surface area contributed by atoms with Gasteiger partial charge in [-0.1, -0.05) is 23.7 Å². The van der Waals surface area contributed by atoms with E-state index < -0.39 is 0 Å². The molecule has 0 saturated heterocycles. The highest BCUT2D eigenvalue weighted by molar-refractivity contribution is 6.33. The van der Waals surface area contributed by atoms with Gasteiger partial charge in [-0.2, -0.15) is 0 Å². The van der Waals surface area contributed by atoms with Crippen molar-refractivity contribution in [2.45, 2.75) is 0 Å². The summed E-state index contributed by atoms with van der Waals surface area (Å²) in [6.45, 7) is 1.84. The summed E-state index contributed by atoms with van der Waals surface area (Å²) in [7, 11) is 2.10. The first-order valence-electron chi connectivity index (χ1n) is 6.53. The van der Waals surface area contributed by atoms with Gasteiger partial charge in [-0.3, -0.25) is 4.79 Å². The van der Waals surface area contributed by atoms with Crippen molar-refractivity contribution in [3.05, 3.63) is 53.1 Å². The first-order chi connectivity index (χ1) is 9.70. The third kappa shape index (κ3) is 2.14. The molecule has 3 rings (SSSR count). The molecule has 0 amide bonds. The Morgan fingerprint density at radius 3 is 2.55 bits per heavy atom. The van der Waals surface area contributed by atoms with Gasteiger partial charge in [-0.25, -0.2) is 0 Å². The van der Waals surface area contributed by atoms with Gasteiger partial charge in [0, 0.05) is 31.4 Å². The third-order valence-electron chi connectivity index (χ3n) is 3.67. The fraction of sp³-hybridized carbons (Fsp3) is 0.188. The quantitative estimate of drug-likeness (QED) is 0.786. The van der Waals surface area contributed by atoms with Gasteiger partial charge in [-0.15, -0.1) is 0 Å². The molecule has 2 aromatic rings. The van der Waals surface area contributed by atoms with E-state index in [2.05, 4.69) is 29.0 Å². The van der Waals surface area contributed by atoms with Crippen LogP contribution < -0.4 is 9.80 Å². The number of hydrogen-bond acceptors (Lipinski definition) is 3. The van der Waals surface area contributed by atoms with Crippen LogP contribution in [0.4, 0.5) is 17.1 Å². The van der Waals surface area contributed by atoms with Crippen LogP contribution >= 0.6 is 11.6 Å². The number of likely N-dealkylation sites (N-methyl/N-ethyl adjacent to an activating group) is 1. The average Bonchev–Trinajstić information content (AvgIpc) is 2.48. The molecule has 0 atom stereocenters. The van der Waals surface area contributed by atoms with E-state index in [4.69, 9.17) is 11.6 Å². The first-order valence-corrected chi connectivity index (χ1v) is 6.91. The molecular weight excluding hydrogens is 272 g/mol. The maximum atomic E-state index is 10.9. The van der Waals surface area contributed by atoms with E-state index in [1.54, 1.807) is 6.07 Å². The average molecular weight is 287 g/mol. The number of para-hydroxylation sites is 2. The lowest BCUT2D eigenvalue weighted by Crippen LogP contribution is -2.36. The molecule has 20 heavy (non-hydrogen) atoms. The molecule has 0 aliphatic carbocycles. The molecule has 0 bridgehead atoms. The van der Waals surface area contributed by atoms with Crippen molar-refractivity contribution in [2.75, 3.05) is 29.9 Å². The van der Waals surface area contributed by atoms with Gasteiger partial charge in [0.1, 0.15) is 0 Å². The molecule has 102 valence electrons. The molecule has 1 heterocycles. The standard InChI is InChI=1S/C16H15ClN2O/c1-18-8-9-19(16-5-3-2-4-15(16)18)13-7-6-12(11-20)14(17)10-13/h2-7,10-11H,8-9H2,1H3. The minimum atomic E-state index is 0.494. The first kappa shape index (κ1) is 13.0. The monoisotopic (exact) mass is 286 g/mol. The lowest BCUT2D eigenvalue weighted by atomic mass is 10.1. The van der Waals surface area contributed by atoms with Gasteiger partial charge in [-0.05, 0) is 30.3 Å². The van der Waals surface area contributed by atoms with Crippen LogP contribution in [0, 0.1) is 0 Å². The number of aldehydes is 1. The van der Waals surface area contributed by atoms with E-state index in [0.29, 0.717) is 10.6 Å². The van der Waals surface area contributed by atoms with Crippen molar-refractivity contribution in [2.24, 2.45) is 0 Å². The van der Waals surface area contributed by atoms with Gasteiger partial charge >= 0.3 is 0 Å². The molecule has 0 fully saturated rings. The third-order valence-corrected chi connectivity index (χ3v) is 3.99. The number of halogens is 1. The van der Waals surface area contributed by atoms with Gasteiger partial charge in [0.25, 0.3) is 0 Å². The molecule has 4 heteroatoms. The van der Waals surface area contributed by atoms with Crippen molar-refractivity contribution in [3.8, 4) is 0 Å². The number of nitrogens with zero attached hydrogens (tertiary/aromatic N) is 2. The zero-order chi connectivity index (χ0) is 14.1. The van der Waals surface area contributed by atoms with E-state index >= 15 is 0 Å². The van der Waals surface area contributed by atoms with Crippen LogP contribution in [0.3, 0.4) is 0 Å². The van der Waals surface area contributed by atoms with E-state index in [-0.39, 0.29) is 0 Å². The van der Waals surface area contributed by atoms with Gasteiger partial charge in [0.2, 0.25) is 0 Å². The number of benzene rings is 2. The summed E-state index contributed by atoms with van der Waals surface area (Å²) in [5.41, 5.74) is 3.91. The molecule has 0 radical (unpaired) electrons. The minimum Gasteiger partial charge on any atom is -0.371 e. The van der Waals surface area contributed by atoms with Crippen LogP contribution in [0.5, 0.6) is 0 Å². The van der Waals surface area contributed by atoms with Crippen LogP contribution in [-0.4, -0.2) is 26.4 Å². The summed E-state index contributed by atoms with van der Waals surface area (Å²) in [6, 6.07) is 13.9. The molecular formula is C16H15ClN2O. The number of rotatable bonds is 2. The molecule has 3 nitrogen and oxygen atoms in total. The summed E-state index contributed by atoms with van der Waals surface area (Å²) in [5.74, 6) is 0. The molecule has 1 aliphatic rings. The van der Waals surface area contributed by atoms with Gasteiger partial charge < -0.3 is 9.80 Å². The predicted octanol–water partition coefficient (Wildman–Crippen LogP) is 3.74. The molecule has 0 N–H and O–H groups in total. The van der Waals surface area contributed by atoms with E-state index in [1.165, 1.54) is 5.69 Å². The molecule has 2 aromatic carbocycles. The Hall–Kier alpha value is -2.00. The lowest BCUT2D eigenvalue weighted by molar-refractivity contribution is 0.112. The number of anilines is 3. The number of carbonyl (C=O) groups is 1. The zero-order valence-corrected chi connectivity index (χ0v) is 12.0. The summed E-state index contributed by atoms with van der Waals surface area (Å²) < 4.78 is 0. The van der Waals surface area contributed by atoms with E-state index in [0.717, 1.165) is 30.8 Å². The fourth-order valence-corrected chi connectivity index (χ4v) is 2.77. The molecule has 0 spiro atoms. The Morgan fingerprint density at radius 2 is 1.85 bits per heavy atom.